The first-order valence-electron chi connectivity index (χ1n) is 8.12. The fourth-order valence-corrected chi connectivity index (χ4v) is 2.53. The maximum atomic E-state index is 11.7. The van der Waals surface area contributed by atoms with Crippen LogP contribution in [-0.4, -0.2) is 19.0 Å². The second-order valence-corrected chi connectivity index (χ2v) is 6.17. The van der Waals surface area contributed by atoms with Crippen molar-refractivity contribution in [3.05, 3.63) is 35.4 Å². The maximum Gasteiger partial charge on any atom is 0.275 e. The largest absolute Gasteiger partial charge is 0.340 e. The van der Waals surface area contributed by atoms with E-state index in [-0.39, 0.29) is 11.9 Å². The molecule has 2 atom stereocenters. The fraction of sp³-hybridized carbons (Fsp3) is 0.526. The minimum absolute atomic E-state index is 0.0141. The SMILES string of the molecule is C#CCNC(=O)C[NH2+][C@H](c1ccc([C@H](C)CC)cc1)C(C)C. The molecule has 0 heterocycles. The lowest BCUT2D eigenvalue weighted by Gasteiger charge is -2.20. The zero-order valence-corrected chi connectivity index (χ0v) is 14.2. The second-order valence-electron chi connectivity index (χ2n) is 6.17. The van der Waals surface area contributed by atoms with Crippen LogP contribution in [0.5, 0.6) is 0 Å². The van der Waals surface area contributed by atoms with E-state index >= 15 is 0 Å². The second kappa shape index (κ2) is 9.27. The summed E-state index contributed by atoms with van der Waals surface area (Å²) < 4.78 is 0. The molecule has 120 valence electrons. The van der Waals surface area contributed by atoms with Gasteiger partial charge in [-0.3, -0.25) is 4.79 Å². The minimum Gasteiger partial charge on any atom is -0.340 e. The molecule has 0 aromatic heterocycles. The molecule has 22 heavy (non-hydrogen) atoms. The molecule has 1 rings (SSSR count). The Hall–Kier alpha value is -1.79. The number of terminal acetylenes is 1. The van der Waals surface area contributed by atoms with E-state index < -0.39 is 0 Å². The molecule has 0 bridgehead atoms. The van der Waals surface area contributed by atoms with Gasteiger partial charge < -0.3 is 10.6 Å². The normalized spacial score (nSPS) is 13.5. The van der Waals surface area contributed by atoms with Crippen LogP contribution in [0.3, 0.4) is 0 Å². The Balaban J connectivity index is 2.71. The van der Waals surface area contributed by atoms with Gasteiger partial charge in [0.05, 0.1) is 6.54 Å². The molecule has 0 unspecified atom stereocenters. The van der Waals surface area contributed by atoms with E-state index in [2.05, 4.69) is 68.5 Å². The molecule has 0 aliphatic heterocycles. The number of amides is 1. The van der Waals surface area contributed by atoms with E-state index in [1.807, 2.05) is 0 Å². The van der Waals surface area contributed by atoms with Gasteiger partial charge >= 0.3 is 0 Å². The quantitative estimate of drug-likeness (QED) is 0.711. The molecule has 1 amide bonds. The first kappa shape index (κ1) is 18.3. The Bertz CT molecular complexity index is 499. The number of nitrogens with one attached hydrogen (secondary N) is 1. The molecule has 0 fully saturated rings. The molecule has 0 radical (unpaired) electrons. The first-order valence-corrected chi connectivity index (χ1v) is 8.12. The topological polar surface area (TPSA) is 45.7 Å². The standard InChI is InChI=1S/C19H28N2O/c1-6-12-20-18(22)13-21-19(14(3)4)17-10-8-16(9-11-17)15(5)7-2/h1,8-11,14-15,19,21H,7,12-13H2,2-5H3,(H,20,22)/p+1/t15-,19+/m1/s1. The molecule has 0 aliphatic carbocycles. The lowest BCUT2D eigenvalue weighted by Crippen LogP contribution is -2.88. The molecule has 0 saturated carbocycles. The highest BCUT2D eigenvalue weighted by molar-refractivity contribution is 5.76. The van der Waals surface area contributed by atoms with Crippen molar-refractivity contribution in [1.29, 1.82) is 0 Å². The number of benzene rings is 1. The van der Waals surface area contributed by atoms with E-state index in [9.17, 15) is 4.79 Å². The van der Waals surface area contributed by atoms with E-state index in [0.29, 0.717) is 24.9 Å². The summed E-state index contributed by atoms with van der Waals surface area (Å²) in [5.74, 6) is 3.44. The van der Waals surface area contributed by atoms with Gasteiger partial charge in [-0.15, -0.1) is 6.42 Å². The van der Waals surface area contributed by atoms with Crippen LogP contribution in [0, 0.1) is 18.3 Å². The molecule has 0 saturated heterocycles. The predicted octanol–water partition coefficient (Wildman–Crippen LogP) is 2.21. The Morgan fingerprint density at radius 2 is 1.82 bits per heavy atom. The van der Waals surface area contributed by atoms with Crippen LogP contribution in [0.15, 0.2) is 24.3 Å². The third-order valence-electron chi connectivity index (χ3n) is 4.17. The molecule has 0 spiro atoms. The van der Waals surface area contributed by atoms with Gasteiger partial charge in [0, 0.05) is 11.5 Å². The first-order chi connectivity index (χ1) is 10.5. The number of hydrogen-bond acceptors (Lipinski definition) is 1. The lowest BCUT2D eigenvalue weighted by atomic mass is 9.92. The van der Waals surface area contributed by atoms with Crippen LogP contribution in [0.1, 0.15) is 57.2 Å². The molecule has 3 N–H and O–H groups in total. The molecule has 0 aliphatic rings. The van der Waals surface area contributed by atoms with E-state index in [4.69, 9.17) is 6.42 Å². The van der Waals surface area contributed by atoms with Crippen molar-refractivity contribution in [2.75, 3.05) is 13.1 Å². The van der Waals surface area contributed by atoms with Crippen LogP contribution in [0.4, 0.5) is 0 Å². The van der Waals surface area contributed by atoms with Crippen LogP contribution >= 0.6 is 0 Å². The van der Waals surface area contributed by atoms with Crippen molar-refractivity contribution in [3.8, 4) is 12.3 Å². The summed E-state index contributed by atoms with van der Waals surface area (Å²) in [6.45, 7) is 9.52. The van der Waals surface area contributed by atoms with Crippen molar-refractivity contribution in [1.82, 2.24) is 5.32 Å². The van der Waals surface area contributed by atoms with Gasteiger partial charge in [-0.1, -0.05) is 57.9 Å². The van der Waals surface area contributed by atoms with Gasteiger partial charge in [-0.05, 0) is 17.9 Å². The van der Waals surface area contributed by atoms with Gasteiger partial charge in [-0.2, -0.15) is 0 Å². The maximum absolute atomic E-state index is 11.7. The Kier molecular flexibility index (Phi) is 7.70. The highest BCUT2D eigenvalue weighted by Gasteiger charge is 2.20. The smallest absolute Gasteiger partial charge is 0.275 e. The molecular weight excluding hydrogens is 272 g/mol. The summed E-state index contributed by atoms with van der Waals surface area (Å²) in [5, 5.41) is 4.80. The van der Waals surface area contributed by atoms with Crippen LogP contribution in [0.2, 0.25) is 0 Å². The van der Waals surface area contributed by atoms with Crippen LogP contribution in [-0.2, 0) is 4.79 Å². The van der Waals surface area contributed by atoms with E-state index in [1.165, 1.54) is 11.1 Å². The van der Waals surface area contributed by atoms with Gasteiger partial charge in [0.1, 0.15) is 6.04 Å². The number of nitrogens with two attached hydrogens (primary N) is 1. The highest BCUT2D eigenvalue weighted by Crippen LogP contribution is 2.22. The predicted molar refractivity (Wildman–Crippen MR) is 91.4 cm³/mol. The summed E-state index contributed by atoms with van der Waals surface area (Å²) in [6, 6.07) is 9.10. The van der Waals surface area contributed by atoms with E-state index in [0.717, 1.165) is 6.42 Å². The van der Waals surface area contributed by atoms with Crippen LogP contribution < -0.4 is 10.6 Å². The fourth-order valence-electron chi connectivity index (χ4n) is 2.53. The number of rotatable bonds is 8. The number of hydrogen-bond donors (Lipinski definition) is 2. The van der Waals surface area contributed by atoms with Crippen molar-refractivity contribution >= 4 is 5.91 Å². The monoisotopic (exact) mass is 301 g/mol. The molecular formula is C19H29N2O+. The summed E-state index contributed by atoms with van der Waals surface area (Å²) in [6.07, 6.45) is 6.29. The zero-order chi connectivity index (χ0) is 16.5. The van der Waals surface area contributed by atoms with Gasteiger partial charge in [0.15, 0.2) is 6.54 Å². The summed E-state index contributed by atoms with van der Waals surface area (Å²) in [5.41, 5.74) is 2.65. The summed E-state index contributed by atoms with van der Waals surface area (Å²) >= 11 is 0. The molecule has 3 heteroatoms. The molecule has 1 aromatic carbocycles. The minimum atomic E-state index is -0.0141. The molecule has 3 nitrogen and oxygen atoms in total. The van der Waals surface area contributed by atoms with Crippen molar-refractivity contribution in [3.63, 3.8) is 0 Å². The van der Waals surface area contributed by atoms with E-state index in [1.54, 1.807) is 0 Å². The number of carbonyl (C=O) groups excluding carboxylic acids is 1. The summed E-state index contributed by atoms with van der Waals surface area (Å²) in [7, 11) is 0. The number of carbonyl (C=O) groups is 1. The third-order valence-corrected chi connectivity index (χ3v) is 4.17. The van der Waals surface area contributed by atoms with Gasteiger partial charge in [-0.25, -0.2) is 0 Å². The zero-order valence-electron chi connectivity index (χ0n) is 14.2. The summed E-state index contributed by atoms with van der Waals surface area (Å²) in [4.78, 5) is 11.7. The average molecular weight is 301 g/mol. The molecule has 1 aromatic rings. The Morgan fingerprint density at radius 1 is 1.23 bits per heavy atom. The van der Waals surface area contributed by atoms with Gasteiger partial charge in [0.25, 0.3) is 5.91 Å². The lowest BCUT2D eigenvalue weighted by molar-refractivity contribution is -0.692. The van der Waals surface area contributed by atoms with Crippen LogP contribution in [0.25, 0.3) is 0 Å². The Morgan fingerprint density at radius 3 is 2.32 bits per heavy atom. The highest BCUT2D eigenvalue weighted by atomic mass is 16.1. The number of quaternary nitrogens is 1. The van der Waals surface area contributed by atoms with Gasteiger partial charge in [0.2, 0.25) is 0 Å². The van der Waals surface area contributed by atoms with Crippen molar-refractivity contribution in [2.45, 2.75) is 46.1 Å². The third kappa shape index (κ3) is 5.54. The Labute approximate surface area is 134 Å². The van der Waals surface area contributed by atoms with Crippen molar-refractivity contribution in [2.24, 2.45) is 5.92 Å². The van der Waals surface area contributed by atoms with Crippen molar-refractivity contribution < 1.29 is 10.1 Å². The average Bonchev–Trinajstić information content (AvgIpc) is 2.52.